The molecule has 4 nitrogen and oxygen atoms in total. The third-order valence-electron chi connectivity index (χ3n) is 3.95. The first-order valence-electron chi connectivity index (χ1n) is 6.99. The minimum atomic E-state index is 0.781. The standard InChI is InChI=1S/C14H20N4S/c1-3-17(11-4-5-11)8-9-18-13-12(16-14(18)19)10(2)6-7-15-13/h6-7,11H,3-5,8-9H2,1-2H3,(H,16,19). The Bertz CT molecular complexity index is 638. The topological polar surface area (TPSA) is 36.9 Å². The number of aromatic nitrogens is 3. The average Bonchev–Trinajstić information content (AvgIpc) is 3.17. The molecule has 3 rings (SSSR count). The van der Waals surface area contributed by atoms with Crippen molar-refractivity contribution in [3.63, 3.8) is 0 Å². The van der Waals surface area contributed by atoms with Crippen molar-refractivity contribution in [3.8, 4) is 0 Å². The van der Waals surface area contributed by atoms with Gasteiger partial charge in [-0.15, -0.1) is 0 Å². The van der Waals surface area contributed by atoms with Crippen LogP contribution in [0, 0.1) is 11.7 Å². The Morgan fingerprint density at radius 3 is 3.00 bits per heavy atom. The molecule has 5 heteroatoms. The highest BCUT2D eigenvalue weighted by Crippen LogP contribution is 2.26. The van der Waals surface area contributed by atoms with Crippen LogP contribution in [0.5, 0.6) is 0 Å². The molecule has 2 aromatic heterocycles. The molecule has 0 atom stereocenters. The molecule has 1 fully saturated rings. The van der Waals surface area contributed by atoms with Gasteiger partial charge in [-0.2, -0.15) is 0 Å². The SMILES string of the molecule is CCN(CCn1c(=S)[nH]c2c(C)ccnc21)C1CC1. The molecule has 2 heterocycles. The lowest BCUT2D eigenvalue weighted by molar-refractivity contribution is 0.266. The number of rotatable bonds is 5. The number of aryl methyl sites for hydroxylation is 1. The Hall–Kier alpha value is -1.20. The van der Waals surface area contributed by atoms with E-state index in [1.165, 1.54) is 18.4 Å². The third kappa shape index (κ3) is 2.44. The van der Waals surface area contributed by atoms with Crippen LogP contribution in [0.4, 0.5) is 0 Å². The number of imidazole rings is 1. The van der Waals surface area contributed by atoms with Gasteiger partial charge in [0.1, 0.15) is 0 Å². The van der Waals surface area contributed by atoms with Crippen LogP contribution >= 0.6 is 12.2 Å². The van der Waals surface area contributed by atoms with Crippen molar-refractivity contribution in [3.05, 3.63) is 22.6 Å². The number of fused-ring (bicyclic) bond motifs is 1. The van der Waals surface area contributed by atoms with Gasteiger partial charge in [-0.05, 0) is 50.2 Å². The van der Waals surface area contributed by atoms with Crippen molar-refractivity contribution in [1.82, 2.24) is 19.4 Å². The first-order valence-corrected chi connectivity index (χ1v) is 7.39. The highest BCUT2D eigenvalue weighted by molar-refractivity contribution is 7.71. The van der Waals surface area contributed by atoms with Crippen LogP contribution in [-0.2, 0) is 6.54 Å². The fourth-order valence-corrected chi connectivity index (χ4v) is 2.93. The number of H-pyrrole nitrogens is 1. The van der Waals surface area contributed by atoms with Gasteiger partial charge in [0.05, 0.1) is 5.52 Å². The van der Waals surface area contributed by atoms with Gasteiger partial charge < -0.3 is 9.55 Å². The van der Waals surface area contributed by atoms with E-state index in [0.29, 0.717) is 0 Å². The summed E-state index contributed by atoms with van der Waals surface area (Å²) in [5.74, 6) is 0. The van der Waals surface area contributed by atoms with Crippen LogP contribution in [0.15, 0.2) is 12.3 Å². The van der Waals surface area contributed by atoms with E-state index in [2.05, 4.69) is 33.3 Å². The molecular weight excluding hydrogens is 256 g/mol. The van der Waals surface area contributed by atoms with Crippen LogP contribution in [0.1, 0.15) is 25.3 Å². The van der Waals surface area contributed by atoms with Crippen LogP contribution in [-0.4, -0.2) is 38.6 Å². The van der Waals surface area contributed by atoms with E-state index in [1.807, 2.05) is 12.3 Å². The predicted octanol–water partition coefficient (Wildman–Crippen LogP) is 2.89. The summed E-state index contributed by atoms with van der Waals surface area (Å²) in [5, 5.41) is 0. The lowest BCUT2D eigenvalue weighted by atomic mass is 10.3. The number of likely N-dealkylation sites (N-methyl/N-ethyl adjacent to an activating group) is 1. The highest BCUT2D eigenvalue weighted by atomic mass is 32.1. The Balaban J connectivity index is 1.86. The van der Waals surface area contributed by atoms with Crippen LogP contribution in [0.3, 0.4) is 0 Å². The normalized spacial score (nSPS) is 15.5. The molecule has 0 bridgehead atoms. The van der Waals surface area contributed by atoms with Crippen LogP contribution in [0.25, 0.3) is 11.2 Å². The third-order valence-corrected chi connectivity index (χ3v) is 4.27. The fraction of sp³-hybridized carbons (Fsp3) is 0.571. The molecule has 1 aliphatic rings. The summed E-state index contributed by atoms with van der Waals surface area (Å²) in [7, 11) is 0. The second kappa shape index (κ2) is 5.06. The van der Waals surface area contributed by atoms with E-state index < -0.39 is 0 Å². The lowest BCUT2D eigenvalue weighted by Gasteiger charge is -2.19. The lowest BCUT2D eigenvalue weighted by Crippen LogP contribution is -2.29. The molecule has 0 amide bonds. The molecule has 1 aliphatic carbocycles. The largest absolute Gasteiger partial charge is 0.329 e. The van der Waals surface area contributed by atoms with Gasteiger partial charge in [0, 0.05) is 25.3 Å². The summed E-state index contributed by atoms with van der Waals surface area (Å²) >= 11 is 5.43. The Kier molecular flexibility index (Phi) is 3.41. The zero-order valence-electron chi connectivity index (χ0n) is 11.5. The minimum absolute atomic E-state index is 0.781. The molecule has 0 unspecified atom stereocenters. The van der Waals surface area contributed by atoms with E-state index in [4.69, 9.17) is 12.2 Å². The van der Waals surface area contributed by atoms with Gasteiger partial charge in [-0.1, -0.05) is 6.92 Å². The van der Waals surface area contributed by atoms with Gasteiger partial charge >= 0.3 is 0 Å². The van der Waals surface area contributed by atoms with E-state index in [1.54, 1.807) is 0 Å². The van der Waals surface area contributed by atoms with Crippen molar-refractivity contribution >= 4 is 23.4 Å². The molecule has 2 aromatic rings. The number of aromatic amines is 1. The van der Waals surface area contributed by atoms with Gasteiger partial charge in [0.25, 0.3) is 0 Å². The smallest absolute Gasteiger partial charge is 0.179 e. The van der Waals surface area contributed by atoms with Crippen molar-refractivity contribution in [2.24, 2.45) is 0 Å². The monoisotopic (exact) mass is 276 g/mol. The summed E-state index contributed by atoms with van der Waals surface area (Å²) in [6.45, 7) is 7.40. The number of nitrogens with zero attached hydrogens (tertiary/aromatic N) is 3. The Morgan fingerprint density at radius 1 is 1.53 bits per heavy atom. The average molecular weight is 276 g/mol. The van der Waals surface area contributed by atoms with E-state index in [9.17, 15) is 0 Å². The highest BCUT2D eigenvalue weighted by Gasteiger charge is 2.27. The van der Waals surface area contributed by atoms with Crippen molar-refractivity contribution in [2.75, 3.05) is 13.1 Å². The predicted molar refractivity (Wildman–Crippen MR) is 79.9 cm³/mol. The number of hydrogen-bond donors (Lipinski definition) is 1. The maximum Gasteiger partial charge on any atom is 0.179 e. The number of pyridine rings is 1. The fourth-order valence-electron chi connectivity index (χ4n) is 2.65. The maximum absolute atomic E-state index is 5.43. The first kappa shape index (κ1) is 12.8. The Morgan fingerprint density at radius 2 is 2.32 bits per heavy atom. The number of hydrogen-bond acceptors (Lipinski definition) is 3. The van der Waals surface area contributed by atoms with Gasteiger partial charge in [0.15, 0.2) is 10.4 Å². The van der Waals surface area contributed by atoms with Crippen molar-refractivity contribution in [1.29, 1.82) is 0 Å². The summed E-state index contributed by atoms with van der Waals surface area (Å²) in [5.41, 5.74) is 3.25. The van der Waals surface area contributed by atoms with E-state index >= 15 is 0 Å². The molecule has 19 heavy (non-hydrogen) atoms. The molecular formula is C14H20N4S. The molecule has 0 saturated heterocycles. The molecule has 1 saturated carbocycles. The zero-order chi connectivity index (χ0) is 13.4. The molecule has 0 radical (unpaired) electrons. The van der Waals surface area contributed by atoms with Gasteiger partial charge in [-0.3, -0.25) is 4.90 Å². The van der Waals surface area contributed by atoms with Crippen LogP contribution in [0.2, 0.25) is 0 Å². The van der Waals surface area contributed by atoms with E-state index in [-0.39, 0.29) is 0 Å². The molecule has 0 aromatic carbocycles. The second-order valence-corrected chi connectivity index (χ2v) is 5.65. The zero-order valence-corrected chi connectivity index (χ0v) is 12.3. The quantitative estimate of drug-likeness (QED) is 0.853. The molecule has 0 aliphatic heterocycles. The van der Waals surface area contributed by atoms with Gasteiger partial charge in [0.2, 0.25) is 0 Å². The van der Waals surface area contributed by atoms with Gasteiger partial charge in [-0.25, -0.2) is 4.98 Å². The minimum Gasteiger partial charge on any atom is -0.329 e. The van der Waals surface area contributed by atoms with Crippen molar-refractivity contribution in [2.45, 2.75) is 39.3 Å². The van der Waals surface area contributed by atoms with Crippen LogP contribution < -0.4 is 0 Å². The maximum atomic E-state index is 5.43. The van der Waals surface area contributed by atoms with Crippen molar-refractivity contribution < 1.29 is 0 Å². The molecule has 1 N–H and O–H groups in total. The van der Waals surface area contributed by atoms with E-state index in [0.717, 1.165) is 41.6 Å². The second-order valence-electron chi connectivity index (χ2n) is 5.27. The summed E-state index contributed by atoms with van der Waals surface area (Å²) < 4.78 is 2.91. The number of nitrogens with one attached hydrogen (secondary N) is 1. The first-order chi connectivity index (χ1) is 9.20. The summed E-state index contributed by atoms with van der Waals surface area (Å²) in [4.78, 5) is 10.3. The molecule has 102 valence electrons. The molecule has 0 spiro atoms. The Labute approximate surface area is 118 Å². The summed E-state index contributed by atoms with van der Waals surface area (Å²) in [6, 6.07) is 2.82. The summed E-state index contributed by atoms with van der Waals surface area (Å²) in [6.07, 6.45) is 4.56.